The van der Waals surface area contributed by atoms with E-state index >= 15 is 0 Å². The molecule has 0 unspecified atom stereocenters. The Kier molecular flexibility index (Phi) is 4.79. The summed E-state index contributed by atoms with van der Waals surface area (Å²) in [6.07, 6.45) is -0.207. The lowest BCUT2D eigenvalue weighted by Crippen LogP contribution is -2.39. The van der Waals surface area contributed by atoms with Crippen molar-refractivity contribution in [2.75, 3.05) is 6.54 Å². The molecule has 25 heavy (non-hydrogen) atoms. The molecule has 130 valence electrons. The predicted molar refractivity (Wildman–Crippen MR) is 93.9 cm³/mol. The second kappa shape index (κ2) is 6.86. The van der Waals surface area contributed by atoms with Gasteiger partial charge in [0.05, 0.1) is 13.0 Å². The SMILES string of the molecule is C[C@@](O)(CNC(=O)Cc1c(F)cccc1Cl)c1cc2ccccc2o1. The van der Waals surface area contributed by atoms with Crippen molar-refractivity contribution >= 4 is 28.5 Å². The number of benzene rings is 2. The lowest BCUT2D eigenvalue weighted by atomic mass is 10.0. The maximum Gasteiger partial charge on any atom is 0.224 e. The summed E-state index contributed by atoms with van der Waals surface area (Å²) < 4.78 is 19.4. The molecule has 3 aromatic rings. The Bertz CT molecular complexity index is 867. The van der Waals surface area contributed by atoms with Crippen molar-refractivity contribution in [3.8, 4) is 0 Å². The first-order valence-electron chi connectivity index (χ1n) is 7.78. The standard InChI is InChI=1S/C19H17ClFNO3/c1-19(24,17-9-12-5-2-3-8-16(12)25-17)11-22-18(23)10-13-14(20)6-4-7-15(13)21/h2-9,24H,10-11H2,1H3,(H,22,23)/t19-/m1/s1. The summed E-state index contributed by atoms with van der Waals surface area (Å²) in [6.45, 7) is 1.47. The van der Waals surface area contributed by atoms with E-state index in [4.69, 9.17) is 16.0 Å². The topological polar surface area (TPSA) is 62.5 Å². The number of rotatable bonds is 5. The number of nitrogens with one attached hydrogen (secondary N) is 1. The Balaban J connectivity index is 1.68. The van der Waals surface area contributed by atoms with Gasteiger partial charge < -0.3 is 14.8 Å². The van der Waals surface area contributed by atoms with Gasteiger partial charge in [0.25, 0.3) is 0 Å². The van der Waals surface area contributed by atoms with E-state index in [9.17, 15) is 14.3 Å². The number of amides is 1. The average molecular weight is 362 g/mol. The Morgan fingerprint density at radius 3 is 2.76 bits per heavy atom. The molecule has 2 aromatic carbocycles. The van der Waals surface area contributed by atoms with Gasteiger partial charge in [-0.05, 0) is 31.2 Å². The van der Waals surface area contributed by atoms with Crippen LogP contribution in [0.2, 0.25) is 5.02 Å². The molecule has 0 spiro atoms. The number of carbonyl (C=O) groups excluding carboxylic acids is 1. The van der Waals surface area contributed by atoms with Crippen LogP contribution in [-0.4, -0.2) is 17.6 Å². The fourth-order valence-corrected chi connectivity index (χ4v) is 2.76. The van der Waals surface area contributed by atoms with E-state index < -0.39 is 17.3 Å². The molecule has 1 amide bonds. The zero-order valence-electron chi connectivity index (χ0n) is 13.6. The van der Waals surface area contributed by atoms with Gasteiger partial charge in [0.1, 0.15) is 22.8 Å². The van der Waals surface area contributed by atoms with E-state index in [1.54, 1.807) is 19.1 Å². The number of para-hydroxylation sites is 1. The van der Waals surface area contributed by atoms with Crippen LogP contribution in [0, 0.1) is 5.82 Å². The highest BCUT2D eigenvalue weighted by atomic mass is 35.5. The third kappa shape index (κ3) is 3.83. The molecular formula is C19H17ClFNO3. The highest BCUT2D eigenvalue weighted by molar-refractivity contribution is 6.31. The molecule has 6 heteroatoms. The first kappa shape index (κ1) is 17.5. The Morgan fingerprint density at radius 1 is 1.28 bits per heavy atom. The molecule has 0 saturated heterocycles. The maximum absolute atomic E-state index is 13.7. The third-order valence-electron chi connectivity index (χ3n) is 3.99. The molecule has 1 atom stereocenters. The van der Waals surface area contributed by atoms with Crippen molar-refractivity contribution in [1.82, 2.24) is 5.32 Å². The van der Waals surface area contributed by atoms with Crippen LogP contribution in [0.15, 0.2) is 52.9 Å². The van der Waals surface area contributed by atoms with Gasteiger partial charge in [0, 0.05) is 16.0 Å². The fraction of sp³-hybridized carbons (Fsp3) is 0.211. The number of hydrogen-bond donors (Lipinski definition) is 2. The van der Waals surface area contributed by atoms with Crippen molar-refractivity contribution in [3.05, 3.63) is 70.7 Å². The minimum atomic E-state index is -1.40. The summed E-state index contributed by atoms with van der Waals surface area (Å²) in [5.74, 6) is -0.631. The molecular weight excluding hydrogens is 345 g/mol. The van der Waals surface area contributed by atoms with Crippen LogP contribution in [0.3, 0.4) is 0 Å². The number of fused-ring (bicyclic) bond motifs is 1. The number of aliphatic hydroxyl groups is 1. The van der Waals surface area contributed by atoms with Gasteiger partial charge in [-0.15, -0.1) is 0 Å². The molecule has 0 aliphatic heterocycles. The van der Waals surface area contributed by atoms with Crippen LogP contribution in [0.1, 0.15) is 18.2 Å². The third-order valence-corrected chi connectivity index (χ3v) is 4.34. The maximum atomic E-state index is 13.7. The molecule has 0 radical (unpaired) electrons. The predicted octanol–water partition coefficient (Wildman–Crippen LogP) is 3.79. The monoisotopic (exact) mass is 361 g/mol. The van der Waals surface area contributed by atoms with Crippen molar-refractivity contribution in [2.24, 2.45) is 0 Å². The van der Waals surface area contributed by atoms with E-state index in [0.29, 0.717) is 11.3 Å². The normalized spacial score (nSPS) is 13.6. The van der Waals surface area contributed by atoms with Crippen LogP contribution in [-0.2, 0) is 16.8 Å². The van der Waals surface area contributed by atoms with E-state index in [1.165, 1.54) is 18.2 Å². The minimum absolute atomic E-state index is 0.0717. The molecule has 0 saturated carbocycles. The van der Waals surface area contributed by atoms with Gasteiger partial charge in [-0.3, -0.25) is 4.79 Å². The van der Waals surface area contributed by atoms with Gasteiger partial charge in [-0.25, -0.2) is 4.39 Å². The number of furan rings is 1. The molecule has 1 aromatic heterocycles. The van der Waals surface area contributed by atoms with Gasteiger partial charge in [0.2, 0.25) is 5.91 Å². The van der Waals surface area contributed by atoms with Crippen LogP contribution in [0.5, 0.6) is 0 Å². The summed E-state index contributed by atoms with van der Waals surface area (Å²) in [7, 11) is 0. The molecule has 0 aliphatic rings. The van der Waals surface area contributed by atoms with Crippen LogP contribution in [0.4, 0.5) is 4.39 Å². The number of hydrogen-bond acceptors (Lipinski definition) is 3. The molecule has 2 N–H and O–H groups in total. The summed E-state index contributed by atoms with van der Waals surface area (Å²) in [5, 5.41) is 14.3. The van der Waals surface area contributed by atoms with E-state index in [1.807, 2.05) is 18.2 Å². The van der Waals surface area contributed by atoms with Crippen LogP contribution in [0.25, 0.3) is 11.0 Å². The van der Waals surface area contributed by atoms with Gasteiger partial charge >= 0.3 is 0 Å². The Hall–Kier alpha value is -2.37. The lowest BCUT2D eigenvalue weighted by molar-refractivity contribution is -0.121. The first-order valence-corrected chi connectivity index (χ1v) is 8.15. The van der Waals surface area contributed by atoms with E-state index in [2.05, 4.69) is 5.32 Å². The first-order chi connectivity index (χ1) is 11.9. The summed E-state index contributed by atoms with van der Waals surface area (Å²) >= 11 is 5.92. The van der Waals surface area contributed by atoms with E-state index in [-0.39, 0.29) is 23.6 Å². The van der Waals surface area contributed by atoms with Gasteiger partial charge in [-0.1, -0.05) is 35.9 Å². The largest absolute Gasteiger partial charge is 0.458 e. The van der Waals surface area contributed by atoms with Crippen LogP contribution < -0.4 is 5.32 Å². The quantitative estimate of drug-likeness (QED) is 0.726. The Labute approximate surface area is 149 Å². The molecule has 0 bridgehead atoms. The van der Waals surface area contributed by atoms with Gasteiger partial charge in [0.15, 0.2) is 0 Å². The average Bonchev–Trinajstić information content (AvgIpc) is 3.02. The van der Waals surface area contributed by atoms with Crippen molar-refractivity contribution in [2.45, 2.75) is 18.9 Å². The van der Waals surface area contributed by atoms with Crippen LogP contribution >= 0.6 is 11.6 Å². The lowest BCUT2D eigenvalue weighted by Gasteiger charge is -2.21. The highest BCUT2D eigenvalue weighted by Crippen LogP contribution is 2.27. The highest BCUT2D eigenvalue weighted by Gasteiger charge is 2.28. The minimum Gasteiger partial charge on any atom is -0.458 e. The van der Waals surface area contributed by atoms with Gasteiger partial charge in [-0.2, -0.15) is 0 Å². The smallest absolute Gasteiger partial charge is 0.224 e. The van der Waals surface area contributed by atoms with Crippen molar-refractivity contribution < 1.29 is 18.7 Å². The molecule has 1 heterocycles. The number of carbonyl (C=O) groups is 1. The summed E-state index contributed by atoms with van der Waals surface area (Å²) in [6, 6.07) is 13.4. The summed E-state index contributed by atoms with van der Waals surface area (Å²) in [4.78, 5) is 12.1. The molecule has 4 nitrogen and oxygen atoms in total. The molecule has 3 rings (SSSR count). The van der Waals surface area contributed by atoms with E-state index in [0.717, 1.165) is 5.39 Å². The summed E-state index contributed by atoms with van der Waals surface area (Å²) in [5.41, 5.74) is -0.611. The zero-order chi connectivity index (χ0) is 18.0. The molecule has 0 aliphatic carbocycles. The Morgan fingerprint density at radius 2 is 2.04 bits per heavy atom. The number of halogens is 2. The zero-order valence-corrected chi connectivity index (χ0v) is 14.3. The van der Waals surface area contributed by atoms with Crippen molar-refractivity contribution in [3.63, 3.8) is 0 Å². The second-order valence-electron chi connectivity index (χ2n) is 6.08. The molecule has 0 fully saturated rings. The fourth-order valence-electron chi connectivity index (χ4n) is 2.53. The second-order valence-corrected chi connectivity index (χ2v) is 6.48. The van der Waals surface area contributed by atoms with Crippen molar-refractivity contribution in [1.29, 1.82) is 0 Å².